The molecule has 1 aliphatic heterocycles. The van der Waals surface area contributed by atoms with Gasteiger partial charge in [0.1, 0.15) is 11.4 Å². The number of H-pyrrole nitrogens is 1. The third-order valence-electron chi connectivity index (χ3n) is 5.28. The Bertz CT molecular complexity index is 930. The van der Waals surface area contributed by atoms with Crippen LogP contribution < -0.4 is 10.5 Å². The maximum absolute atomic E-state index is 12.9. The average molecular weight is 366 g/mol. The lowest BCUT2D eigenvalue weighted by Crippen LogP contribution is -2.50. The van der Waals surface area contributed by atoms with Crippen LogP contribution >= 0.6 is 0 Å². The van der Waals surface area contributed by atoms with Gasteiger partial charge in [-0.15, -0.1) is 0 Å². The monoisotopic (exact) mass is 366 g/mol. The molecule has 140 valence electrons. The Morgan fingerprint density at radius 1 is 1.15 bits per heavy atom. The fraction of sp³-hybridized carbons (Fsp3) is 0.400. The fourth-order valence-electron chi connectivity index (χ4n) is 3.83. The van der Waals surface area contributed by atoms with Crippen molar-refractivity contribution in [2.75, 3.05) is 31.1 Å². The van der Waals surface area contributed by atoms with E-state index in [0.717, 1.165) is 5.82 Å². The molecule has 0 spiro atoms. The summed E-state index contributed by atoms with van der Waals surface area (Å²) in [6.45, 7) is 4.32. The highest BCUT2D eigenvalue weighted by molar-refractivity contribution is 6.01. The van der Waals surface area contributed by atoms with Gasteiger partial charge in [0.05, 0.1) is 0 Å². The highest BCUT2D eigenvalue weighted by Gasteiger charge is 2.28. The van der Waals surface area contributed by atoms with Gasteiger partial charge in [0, 0.05) is 50.1 Å². The number of fused-ring (bicyclic) bond motifs is 1. The minimum Gasteiger partial charge on any atom is -0.353 e. The summed E-state index contributed by atoms with van der Waals surface area (Å²) in [5.74, 6) is 0.776. The predicted molar refractivity (Wildman–Crippen MR) is 101 cm³/mol. The number of hydrogen-bond acceptors (Lipinski definition) is 5. The summed E-state index contributed by atoms with van der Waals surface area (Å²) in [5.41, 5.74) is 0.791. The van der Waals surface area contributed by atoms with Crippen LogP contribution in [0.3, 0.4) is 0 Å². The molecule has 7 nitrogen and oxygen atoms in total. The van der Waals surface area contributed by atoms with Crippen molar-refractivity contribution in [1.82, 2.24) is 14.9 Å². The maximum atomic E-state index is 12.9. The summed E-state index contributed by atoms with van der Waals surface area (Å²) < 4.78 is 0. The van der Waals surface area contributed by atoms with Crippen molar-refractivity contribution in [2.45, 2.75) is 19.8 Å². The molecule has 1 aliphatic carbocycles. The fourth-order valence-corrected chi connectivity index (χ4v) is 3.83. The predicted octanol–water partition coefficient (Wildman–Crippen LogP) is 1.50. The lowest BCUT2D eigenvalue weighted by atomic mass is 9.86. The second kappa shape index (κ2) is 6.98. The number of aromatic nitrogens is 2. The first-order valence-corrected chi connectivity index (χ1v) is 9.27. The molecule has 4 rings (SSSR count). The molecule has 0 saturated carbocycles. The van der Waals surface area contributed by atoms with E-state index in [-0.39, 0.29) is 23.2 Å². The quantitative estimate of drug-likeness (QED) is 0.870. The molecule has 3 heterocycles. The number of piperazine rings is 1. The molecule has 27 heavy (non-hydrogen) atoms. The van der Waals surface area contributed by atoms with E-state index >= 15 is 0 Å². The molecule has 2 aliphatic rings. The van der Waals surface area contributed by atoms with E-state index in [1.54, 1.807) is 11.1 Å². The van der Waals surface area contributed by atoms with Gasteiger partial charge in [0.15, 0.2) is 5.78 Å². The van der Waals surface area contributed by atoms with Crippen LogP contribution in [0.1, 0.15) is 39.8 Å². The molecule has 1 unspecified atom stereocenters. The number of nitrogens with zero attached hydrogens (tertiary/aromatic N) is 3. The SMILES string of the molecule is CC1CC(=O)c2cc(C(=O)N3CCN(c4ccccn4)CC3)c(=O)[nH]c2C1. The van der Waals surface area contributed by atoms with Crippen molar-refractivity contribution >= 4 is 17.5 Å². The van der Waals surface area contributed by atoms with Crippen LogP contribution in [0.15, 0.2) is 35.3 Å². The van der Waals surface area contributed by atoms with Crippen molar-refractivity contribution in [3.63, 3.8) is 0 Å². The van der Waals surface area contributed by atoms with Crippen LogP contribution in [0.25, 0.3) is 0 Å². The standard InChI is InChI=1S/C20H22N4O3/c1-13-10-16-14(17(25)11-13)12-15(19(26)22-16)20(27)24-8-6-23(7-9-24)18-4-2-3-5-21-18/h2-5,12-13H,6-11H2,1H3,(H,22,26). The number of pyridine rings is 2. The van der Waals surface area contributed by atoms with Crippen molar-refractivity contribution < 1.29 is 9.59 Å². The topological polar surface area (TPSA) is 86.4 Å². The van der Waals surface area contributed by atoms with Crippen molar-refractivity contribution in [3.05, 3.63) is 57.6 Å². The Morgan fingerprint density at radius 2 is 1.93 bits per heavy atom. The summed E-state index contributed by atoms with van der Waals surface area (Å²) in [6.07, 6.45) is 2.86. The molecule has 0 bridgehead atoms. The summed E-state index contributed by atoms with van der Waals surface area (Å²) >= 11 is 0. The lowest BCUT2D eigenvalue weighted by molar-refractivity contribution is 0.0744. The van der Waals surface area contributed by atoms with Crippen molar-refractivity contribution in [1.29, 1.82) is 0 Å². The van der Waals surface area contributed by atoms with E-state index < -0.39 is 5.56 Å². The number of nitrogens with one attached hydrogen (secondary N) is 1. The maximum Gasteiger partial charge on any atom is 0.261 e. The van der Waals surface area contributed by atoms with E-state index in [4.69, 9.17) is 0 Å². The number of carbonyl (C=O) groups excluding carboxylic acids is 2. The molecule has 2 aromatic rings. The molecule has 0 aromatic carbocycles. The Morgan fingerprint density at radius 3 is 2.63 bits per heavy atom. The van der Waals surface area contributed by atoms with Crippen LogP contribution in [0.4, 0.5) is 5.82 Å². The summed E-state index contributed by atoms with van der Waals surface area (Å²) in [4.78, 5) is 48.5. The Kier molecular flexibility index (Phi) is 4.51. The number of carbonyl (C=O) groups is 2. The minimum atomic E-state index is -0.409. The van der Waals surface area contributed by atoms with E-state index in [1.807, 2.05) is 25.1 Å². The molecular weight excluding hydrogens is 344 g/mol. The largest absolute Gasteiger partial charge is 0.353 e. The van der Waals surface area contributed by atoms with Crippen molar-refractivity contribution in [3.8, 4) is 0 Å². The van der Waals surface area contributed by atoms with Gasteiger partial charge in [-0.3, -0.25) is 14.4 Å². The molecule has 1 atom stereocenters. The van der Waals surface area contributed by atoms with Crippen LogP contribution in [0, 0.1) is 5.92 Å². The van der Waals surface area contributed by atoms with Gasteiger partial charge in [-0.25, -0.2) is 4.98 Å². The van der Waals surface area contributed by atoms with E-state index in [9.17, 15) is 14.4 Å². The van der Waals surface area contributed by atoms with Gasteiger partial charge >= 0.3 is 0 Å². The Labute approximate surface area is 157 Å². The molecule has 1 N–H and O–H groups in total. The summed E-state index contributed by atoms with van der Waals surface area (Å²) in [5, 5.41) is 0. The highest BCUT2D eigenvalue weighted by Crippen LogP contribution is 2.24. The van der Waals surface area contributed by atoms with Crippen LogP contribution in [0.2, 0.25) is 0 Å². The summed E-state index contributed by atoms with van der Waals surface area (Å²) in [7, 11) is 0. The molecule has 7 heteroatoms. The number of hydrogen-bond donors (Lipinski definition) is 1. The van der Waals surface area contributed by atoms with Gasteiger partial charge in [0.25, 0.3) is 11.5 Å². The number of Topliss-reactive ketones (excluding diaryl/α,β-unsaturated/α-hetero) is 1. The van der Waals surface area contributed by atoms with Crippen molar-refractivity contribution in [2.24, 2.45) is 5.92 Å². The lowest BCUT2D eigenvalue weighted by Gasteiger charge is -2.35. The number of ketones is 1. The number of aromatic amines is 1. The second-order valence-corrected chi connectivity index (χ2v) is 7.31. The number of amides is 1. The van der Waals surface area contributed by atoms with Crippen LogP contribution in [0.5, 0.6) is 0 Å². The zero-order valence-corrected chi connectivity index (χ0v) is 15.3. The van der Waals surface area contributed by atoms with E-state index in [2.05, 4.69) is 14.9 Å². The molecular formula is C20H22N4O3. The number of rotatable bonds is 2. The molecule has 1 saturated heterocycles. The second-order valence-electron chi connectivity index (χ2n) is 7.31. The highest BCUT2D eigenvalue weighted by atomic mass is 16.2. The van der Waals surface area contributed by atoms with Gasteiger partial charge in [0.2, 0.25) is 0 Å². The smallest absolute Gasteiger partial charge is 0.261 e. The molecule has 1 fully saturated rings. The third-order valence-corrected chi connectivity index (χ3v) is 5.28. The first-order chi connectivity index (χ1) is 13.0. The van der Waals surface area contributed by atoms with E-state index in [1.165, 1.54) is 6.07 Å². The average Bonchev–Trinajstić information content (AvgIpc) is 2.68. The van der Waals surface area contributed by atoms with Gasteiger partial charge < -0.3 is 14.8 Å². The Hall–Kier alpha value is -2.96. The van der Waals surface area contributed by atoms with Crippen LogP contribution in [-0.2, 0) is 6.42 Å². The first-order valence-electron chi connectivity index (χ1n) is 9.27. The Balaban J connectivity index is 1.52. The van der Waals surface area contributed by atoms with Gasteiger partial charge in [-0.05, 0) is 30.5 Å². The molecule has 2 aromatic heterocycles. The zero-order valence-electron chi connectivity index (χ0n) is 15.3. The van der Waals surface area contributed by atoms with Gasteiger partial charge in [-0.1, -0.05) is 13.0 Å². The molecule has 0 radical (unpaired) electrons. The normalized spacial score (nSPS) is 19.7. The number of anilines is 1. The molecule has 1 amide bonds. The first kappa shape index (κ1) is 17.5. The zero-order chi connectivity index (χ0) is 19.0. The minimum absolute atomic E-state index is 0.00554. The van der Waals surface area contributed by atoms with Crippen LogP contribution in [-0.4, -0.2) is 52.7 Å². The third kappa shape index (κ3) is 3.37. The van der Waals surface area contributed by atoms with Gasteiger partial charge in [-0.2, -0.15) is 0 Å². The summed E-state index contributed by atoms with van der Waals surface area (Å²) in [6, 6.07) is 7.24. The van der Waals surface area contributed by atoms with E-state index in [0.29, 0.717) is 50.3 Å².